The maximum absolute atomic E-state index is 5.60. The molecule has 2 rings (SSSR count). The fourth-order valence-electron chi connectivity index (χ4n) is 1.97. The van der Waals surface area contributed by atoms with Gasteiger partial charge >= 0.3 is 109 Å². The van der Waals surface area contributed by atoms with Crippen LogP contribution in [0.3, 0.4) is 0 Å². The van der Waals surface area contributed by atoms with Crippen LogP contribution in [-0.2, 0) is 31.6 Å². The third kappa shape index (κ3) is 4.57. The van der Waals surface area contributed by atoms with Gasteiger partial charge < -0.3 is 24.8 Å². The van der Waals surface area contributed by atoms with Crippen LogP contribution in [0.4, 0.5) is 0 Å². The smallest absolute Gasteiger partial charge is 1.00 e. The fraction of sp³-hybridized carbons (Fsp3) is 0.286. The Kier molecular flexibility index (Phi) is 8.93. The second-order valence-electron chi connectivity index (χ2n) is 3.95. The van der Waals surface area contributed by atoms with Crippen molar-refractivity contribution in [2.75, 3.05) is 7.11 Å². The van der Waals surface area contributed by atoms with Crippen molar-refractivity contribution in [3.8, 4) is 0 Å². The van der Waals surface area contributed by atoms with E-state index in [-0.39, 0.29) is 30.9 Å². The molecule has 0 N–H and O–H groups in total. The molecule has 0 aliphatic heterocycles. The first-order valence-electron chi connectivity index (χ1n) is 5.49. The summed E-state index contributed by atoms with van der Waals surface area (Å²) in [6.07, 6.45) is 6.63. The normalized spacial score (nSPS) is 15.1. The van der Waals surface area contributed by atoms with Crippen molar-refractivity contribution in [2.24, 2.45) is 0 Å². The summed E-state index contributed by atoms with van der Waals surface area (Å²) in [5.41, 5.74) is 2.68. The molecule has 0 bridgehead atoms. The van der Waals surface area contributed by atoms with Gasteiger partial charge in [0.15, 0.2) is 0 Å². The predicted octanol–water partition coefficient (Wildman–Crippen LogP) is -2.99. The zero-order valence-electron chi connectivity index (χ0n) is 10.2. The van der Waals surface area contributed by atoms with Crippen molar-refractivity contribution in [3.63, 3.8) is 0 Å². The average Bonchev–Trinajstić information content (AvgIpc) is 2.74. The van der Waals surface area contributed by atoms with E-state index in [1.807, 2.05) is 6.07 Å². The van der Waals surface area contributed by atoms with Gasteiger partial charge in [-0.15, -0.1) is 0 Å². The van der Waals surface area contributed by atoms with Gasteiger partial charge in [-0.1, -0.05) is 0 Å². The van der Waals surface area contributed by atoms with E-state index in [9.17, 15) is 0 Å². The van der Waals surface area contributed by atoms with Gasteiger partial charge in [-0.2, -0.15) is 0 Å². The Balaban J connectivity index is 0.00000144. The SMILES string of the molecule is COC(Cc1ccccc1)C1=[C]([Ti+2])CC=C1.[Cl-].[Cl-]. The molecule has 95 valence electrons. The van der Waals surface area contributed by atoms with Gasteiger partial charge in [0.1, 0.15) is 0 Å². The summed E-state index contributed by atoms with van der Waals surface area (Å²) in [6, 6.07) is 10.5. The van der Waals surface area contributed by atoms with Crippen LogP contribution < -0.4 is 24.8 Å². The minimum absolute atomic E-state index is 0. The van der Waals surface area contributed by atoms with Crippen molar-refractivity contribution in [2.45, 2.75) is 18.9 Å². The van der Waals surface area contributed by atoms with E-state index in [0.717, 1.165) is 12.8 Å². The standard InChI is InChI=1S/C14H15O.2ClH.Ti/c1-15-14(13-9-5-6-10-13)11-12-7-3-2-4-8-12;;;/h2-5,7-9,14H,6,11H2,1H3;2*1H;/q;;;+2/p-2. The van der Waals surface area contributed by atoms with E-state index in [2.05, 4.69) is 56.9 Å². The van der Waals surface area contributed by atoms with Crippen LogP contribution in [0.5, 0.6) is 0 Å². The Bertz CT molecular complexity index is 415. The molecule has 0 heterocycles. The number of ether oxygens (including phenoxy) is 1. The molecule has 0 saturated heterocycles. The van der Waals surface area contributed by atoms with E-state index in [1.54, 1.807) is 7.11 Å². The first kappa shape index (κ1) is 18.0. The van der Waals surface area contributed by atoms with Crippen LogP contribution in [0.1, 0.15) is 12.0 Å². The zero-order valence-corrected chi connectivity index (χ0v) is 13.3. The Hall–Kier alpha value is -0.0457. The first-order chi connectivity index (χ1) is 7.81. The van der Waals surface area contributed by atoms with Gasteiger partial charge in [0.2, 0.25) is 0 Å². The van der Waals surface area contributed by atoms with E-state index in [4.69, 9.17) is 4.74 Å². The molecule has 0 radical (unpaired) electrons. The van der Waals surface area contributed by atoms with Crippen molar-refractivity contribution in [1.82, 2.24) is 0 Å². The van der Waals surface area contributed by atoms with Crippen molar-refractivity contribution in [1.29, 1.82) is 0 Å². The molecule has 0 amide bonds. The van der Waals surface area contributed by atoms with E-state index in [0.29, 0.717) is 0 Å². The topological polar surface area (TPSA) is 9.23 Å². The summed E-state index contributed by atoms with van der Waals surface area (Å²) in [5.74, 6) is 0. The molecular weight excluding hydrogens is 303 g/mol. The number of methoxy groups -OCH3 is 1. The molecule has 1 nitrogen and oxygen atoms in total. The minimum Gasteiger partial charge on any atom is -1.00 e. The number of hydrogen-bond donors (Lipinski definition) is 0. The molecule has 1 atom stereocenters. The molecule has 1 aromatic carbocycles. The molecule has 1 aliphatic rings. The summed E-state index contributed by atoms with van der Waals surface area (Å²) in [7, 11) is 1.79. The van der Waals surface area contributed by atoms with Gasteiger partial charge in [0.25, 0.3) is 0 Å². The van der Waals surface area contributed by atoms with Gasteiger partial charge in [-0.25, -0.2) is 0 Å². The van der Waals surface area contributed by atoms with Crippen LogP contribution >= 0.6 is 0 Å². The predicted molar refractivity (Wildman–Crippen MR) is 61.7 cm³/mol. The molecule has 1 aromatic rings. The largest absolute Gasteiger partial charge is 1.00 e. The maximum Gasteiger partial charge on any atom is -1.00 e. The van der Waals surface area contributed by atoms with Crippen molar-refractivity contribution >= 4 is 0 Å². The molecule has 0 aromatic heterocycles. The number of allylic oxidation sites excluding steroid dienone is 2. The molecule has 4 heteroatoms. The van der Waals surface area contributed by atoms with Gasteiger partial charge in [-0.3, -0.25) is 0 Å². The number of rotatable bonds is 4. The minimum atomic E-state index is 0. The van der Waals surface area contributed by atoms with Crippen LogP contribution in [0.25, 0.3) is 0 Å². The quantitative estimate of drug-likeness (QED) is 0.538. The number of benzene rings is 1. The number of hydrogen-bond acceptors (Lipinski definition) is 1. The first-order valence-corrected chi connectivity index (χ1v) is 6.27. The zero-order chi connectivity index (χ0) is 11.4. The maximum atomic E-state index is 5.60. The third-order valence-corrected chi connectivity index (χ3v) is 3.63. The second-order valence-corrected chi connectivity index (χ2v) is 4.90. The van der Waals surface area contributed by atoms with Gasteiger partial charge in [0.05, 0.1) is 0 Å². The van der Waals surface area contributed by atoms with Crippen molar-refractivity contribution in [3.05, 3.63) is 57.5 Å². The monoisotopic (exact) mass is 317 g/mol. The summed E-state index contributed by atoms with van der Waals surface area (Å²) >= 11 is 2.19. The van der Waals surface area contributed by atoms with Gasteiger partial charge in [-0.05, 0) is 0 Å². The van der Waals surface area contributed by atoms with E-state index < -0.39 is 0 Å². The Labute approximate surface area is 133 Å². The van der Waals surface area contributed by atoms with E-state index in [1.165, 1.54) is 15.0 Å². The third-order valence-electron chi connectivity index (χ3n) is 2.86. The van der Waals surface area contributed by atoms with Crippen LogP contribution in [0, 0.1) is 0 Å². The Morgan fingerprint density at radius 1 is 1.22 bits per heavy atom. The summed E-state index contributed by atoms with van der Waals surface area (Å²) in [6.45, 7) is 0. The van der Waals surface area contributed by atoms with Crippen molar-refractivity contribution < 1.29 is 50.0 Å². The number of halogens is 2. The summed E-state index contributed by atoms with van der Waals surface area (Å²) < 4.78 is 7.03. The van der Waals surface area contributed by atoms with Crippen LogP contribution in [0.2, 0.25) is 0 Å². The molecular formula is C14H15Cl2OTi. The molecule has 1 unspecified atom stereocenters. The van der Waals surface area contributed by atoms with Crippen LogP contribution in [-0.4, -0.2) is 13.2 Å². The molecule has 18 heavy (non-hydrogen) atoms. The average molecular weight is 318 g/mol. The van der Waals surface area contributed by atoms with Crippen LogP contribution in [0.15, 0.2) is 51.9 Å². The molecule has 0 spiro atoms. The Morgan fingerprint density at radius 2 is 1.89 bits per heavy atom. The van der Waals surface area contributed by atoms with Gasteiger partial charge in [0, 0.05) is 0 Å². The fourth-order valence-corrected chi connectivity index (χ4v) is 2.54. The molecule has 1 aliphatic carbocycles. The second kappa shape index (κ2) is 8.95. The summed E-state index contributed by atoms with van der Waals surface area (Å²) in [5, 5.41) is 0. The summed E-state index contributed by atoms with van der Waals surface area (Å²) in [4.78, 5) is 0. The molecule has 0 fully saturated rings. The molecule has 0 saturated carbocycles. The Morgan fingerprint density at radius 3 is 2.39 bits per heavy atom. The van der Waals surface area contributed by atoms with E-state index >= 15 is 0 Å².